The highest BCUT2D eigenvalue weighted by molar-refractivity contribution is 6.27. The topological polar surface area (TPSA) is 127 Å². The molecule has 0 spiro atoms. The number of carbonyl (C=O) groups is 2. The van der Waals surface area contributed by atoms with Crippen molar-refractivity contribution in [2.24, 2.45) is 5.73 Å². The number of nitrogens with zero attached hydrogens (tertiary/aromatic N) is 1. The molecule has 0 aliphatic carbocycles. The van der Waals surface area contributed by atoms with E-state index in [-0.39, 0.29) is 0 Å². The van der Waals surface area contributed by atoms with Crippen LogP contribution in [0.25, 0.3) is 22.2 Å². The van der Waals surface area contributed by atoms with Gasteiger partial charge in [0.2, 0.25) is 0 Å². The highest BCUT2D eigenvalue weighted by atomic mass is 16.5. The molecule has 0 atom stereocenters. The molecule has 0 aliphatic heterocycles. The number of hydrogen-bond donors (Lipinski definition) is 3. The Hall–Kier alpha value is -3.63. The molecule has 0 saturated carbocycles. The summed E-state index contributed by atoms with van der Waals surface area (Å²) in [5.74, 6) is -1.40. The zero-order valence-corrected chi connectivity index (χ0v) is 14.4. The summed E-state index contributed by atoms with van der Waals surface area (Å²) in [7, 11) is 1.50. The predicted molar refractivity (Wildman–Crippen MR) is 99.3 cm³/mol. The van der Waals surface area contributed by atoms with Gasteiger partial charge in [-0.3, -0.25) is 0 Å². The number of carboxylic acids is 2. The first-order chi connectivity index (χ1) is 12.5. The van der Waals surface area contributed by atoms with Gasteiger partial charge in [-0.05, 0) is 26.1 Å². The standard InChI is InChI=1S/C13H9NO.C3H4.C2H2O4.CH5N/c1-2-6-10(7-3-1)13-11-8-4-5-9-12(11)15-14-13;1-3-2;3-1(4)2(5)6;1-2/h1-9H;1H,2H3;(H,3,4)(H,5,6);2H2,1H3. The van der Waals surface area contributed by atoms with Crippen LogP contribution in [-0.4, -0.2) is 34.4 Å². The quantitative estimate of drug-likeness (QED) is 0.452. The number of fused-ring (bicyclic) bond motifs is 1. The third-order valence-corrected chi connectivity index (χ3v) is 2.61. The molecule has 0 bridgehead atoms. The summed E-state index contributed by atoms with van der Waals surface area (Å²) in [6.45, 7) is 1.65. The number of para-hydroxylation sites is 1. The number of rotatable bonds is 1. The van der Waals surface area contributed by atoms with Gasteiger partial charge in [-0.25, -0.2) is 9.59 Å². The lowest BCUT2D eigenvalue weighted by Gasteiger charge is -1.94. The van der Waals surface area contributed by atoms with Gasteiger partial charge in [0.1, 0.15) is 5.69 Å². The Morgan fingerprint density at radius 3 is 1.96 bits per heavy atom. The average molecular weight is 356 g/mol. The minimum absolute atomic E-state index is 0.830. The number of nitrogens with two attached hydrogens (primary N) is 1. The average Bonchev–Trinajstić information content (AvgIpc) is 3.09. The van der Waals surface area contributed by atoms with Gasteiger partial charge in [-0.1, -0.05) is 47.6 Å². The van der Waals surface area contributed by atoms with Gasteiger partial charge in [0.05, 0.1) is 0 Å². The van der Waals surface area contributed by atoms with E-state index in [1.807, 2.05) is 54.6 Å². The molecule has 26 heavy (non-hydrogen) atoms. The number of terminal acetylenes is 1. The van der Waals surface area contributed by atoms with Crippen LogP contribution >= 0.6 is 0 Å². The highest BCUT2D eigenvalue weighted by Crippen LogP contribution is 2.26. The van der Waals surface area contributed by atoms with Crippen LogP contribution in [-0.2, 0) is 9.59 Å². The van der Waals surface area contributed by atoms with E-state index < -0.39 is 11.9 Å². The molecule has 4 N–H and O–H groups in total. The van der Waals surface area contributed by atoms with E-state index in [1.54, 1.807) is 6.92 Å². The van der Waals surface area contributed by atoms with E-state index in [0.29, 0.717) is 0 Å². The van der Waals surface area contributed by atoms with Gasteiger partial charge in [0, 0.05) is 10.9 Å². The third-order valence-electron chi connectivity index (χ3n) is 2.61. The van der Waals surface area contributed by atoms with Crippen LogP contribution in [0.3, 0.4) is 0 Å². The largest absolute Gasteiger partial charge is 0.473 e. The van der Waals surface area contributed by atoms with Gasteiger partial charge in [-0.15, -0.1) is 12.3 Å². The number of aliphatic carboxylic acids is 2. The maximum absolute atomic E-state index is 9.10. The molecule has 0 fully saturated rings. The molecular weight excluding hydrogens is 336 g/mol. The summed E-state index contributed by atoms with van der Waals surface area (Å²) in [6, 6.07) is 17.9. The van der Waals surface area contributed by atoms with Crippen molar-refractivity contribution in [2.45, 2.75) is 6.92 Å². The van der Waals surface area contributed by atoms with Crippen molar-refractivity contribution in [1.29, 1.82) is 0 Å². The first-order valence-corrected chi connectivity index (χ1v) is 7.32. The Kier molecular flexibility index (Phi) is 11.0. The molecule has 0 radical (unpaired) electrons. The predicted octanol–water partition coefficient (Wildman–Crippen LogP) is 2.86. The lowest BCUT2D eigenvalue weighted by atomic mass is 10.1. The Morgan fingerprint density at radius 2 is 1.46 bits per heavy atom. The first-order valence-electron chi connectivity index (χ1n) is 7.32. The smallest absolute Gasteiger partial charge is 0.414 e. The number of carboxylic acid groups (broad SMARTS) is 2. The van der Waals surface area contributed by atoms with Gasteiger partial charge in [0.25, 0.3) is 0 Å². The Labute approximate surface area is 151 Å². The number of benzene rings is 2. The maximum atomic E-state index is 9.10. The second kappa shape index (κ2) is 12.8. The Bertz CT molecular complexity index is 839. The second-order valence-electron chi connectivity index (χ2n) is 4.29. The molecule has 0 amide bonds. The molecular formula is C19H20N2O5. The fraction of sp³-hybridized carbons (Fsp3) is 0.105. The molecule has 0 aliphatic rings. The van der Waals surface area contributed by atoms with Crippen molar-refractivity contribution in [3.05, 3.63) is 54.6 Å². The van der Waals surface area contributed by atoms with Crippen molar-refractivity contribution < 1.29 is 24.3 Å². The SMILES string of the molecule is C#CC.CN.O=C(O)C(=O)O.c1ccc(-c2noc3ccccc23)cc1. The van der Waals surface area contributed by atoms with E-state index in [0.717, 1.165) is 22.2 Å². The van der Waals surface area contributed by atoms with Crippen molar-refractivity contribution in [2.75, 3.05) is 7.05 Å². The van der Waals surface area contributed by atoms with Crippen LogP contribution in [0.2, 0.25) is 0 Å². The van der Waals surface area contributed by atoms with Crippen LogP contribution in [0.5, 0.6) is 0 Å². The molecule has 7 heteroatoms. The molecule has 1 aromatic heterocycles. The molecule has 7 nitrogen and oxygen atoms in total. The zero-order chi connectivity index (χ0) is 19.9. The lowest BCUT2D eigenvalue weighted by molar-refractivity contribution is -0.159. The van der Waals surface area contributed by atoms with E-state index >= 15 is 0 Å². The third kappa shape index (κ3) is 7.29. The highest BCUT2D eigenvalue weighted by Gasteiger charge is 2.08. The molecule has 3 rings (SSSR count). The molecule has 136 valence electrons. The summed E-state index contributed by atoms with van der Waals surface area (Å²) in [6.07, 6.45) is 4.60. The summed E-state index contributed by atoms with van der Waals surface area (Å²) in [5, 5.41) is 19.9. The Balaban J connectivity index is 0.000000481. The van der Waals surface area contributed by atoms with E-state index in [1.165, 1.54) is 7.05 Å². The second-order valence-corrected chi connectivity index (χ2v) is 4.29. The first kappa shape index (κ1) is 22.4. The summed E-state index contributed by atoms with van der Waals surface area (Å²) in [5.41, 5.74) is 7.32. The maximum Gasteiger partial charge on any atom is 0.414 e. The fourth-order valence-corrected chi connectivity index (χ4v) is 1.69. The summed E-state index contributed by atoms with van der Waals surface area (Å²) < 4.78 is 5.25. The minimum atomic E-state index is -1.82. The molecule has 1 heterocycles. The van der Waals surface area contributed by atoms with E-state index in [4.69, 9.17) is 24.3 Å². The Morgan fingerprint density at radius 1 is 1.00 bits per heavy atom. The minimum Gasteiger partial charge on any atom is -0.473 e. The van der Waals surface area contributed by atoms with Gasteiger partial charge in [-0.2, -0.15) is 0 Å². The van der Waals surface area contributed by atoms with Crippen LogP contribution in [0, 0.1) is 12.3 Å². The fourth-order valence-electron chi connectivity index (χ4n) is 1.69. The molecule has 2 aromatic carbocycles. The van der Waals surface area contributed by atoms with Crippen LogP contribution < -0.4 is 5.73 Å². The van der Waals surface area contributed by atoms with Crippen LogP contribution in [0.4, 0.5) is 0 Å². The van der Waals surface area contributed by atoms with Gasteiger partial charge < -0.3 is 20.5 Å². The monoisotopic (exact) mass is 356 g/mol. The zero-order valence-electron chi connectivity index (χ0n) is 14.4. The van der Waals surface area contributed by atoms with Crippen molar-refractivity contribution in [3.8, 4) is 23.6 Å². The summed E-state index contributed by atoms with van der Waals surface area (Å²) in [4.78, 5) is 18.2. The molecule has 0 unspecified atom stereocenters. The van der Waals surface area contributed by atoms with Gasteiger partial charge >= 0.3 is 11.9 Å². The van der Waals surface area contributed by atoms with E-state index in [2.05, 4.69) is 23.2 Å². The molecule has 3 aromatic rings. The molecule has 0 saturated heterocycles. The van der Waals surface area contributed by atoms with Crippen molar-refractivity contribution >= 4 is 22.9 Å². The van der Waals surface area contributed by atoms with Crippen LogP contribution in [0.1, 0.15) is 6.92 Å². The van der Waals surface area contributed by atoms with Gasteiger partial charge in [0.15, 0.2) is 5.58 Å². The van der Waals surface area contributed by atoms with Crippen molar-refractivity contribution in [3.63, 3.8) is 0 Å². The lowest BCUT2D eigenvalue weighted by Crippen LogP contribution is -2.09. The normalized spacial score (nSPS) is 8.38. The number of hydrogen-bond acceptors (Lipinski definition) is 5. The number of aromatic nitrogens is 1. The van der Waals surface area contributed by atoms with Crippen LogP contribution in [0.15, 0.2) is 59.1 Å². The van der Waals surface area contributed by atoms with Crippen molar-refractivity contribution in [1.82, 2.24) is 5.16 Å². The van der Waals surface area contributed by atoms with E-state index in [9.17, 15) is 0 Å². The summed E-state index contributed by atoms with van der Waals surface area (Å²) >= 11 is 0.